The van der Waals surface area contributed by atoms with Crippen LogP contribution in [0.4, 0.5) is 14.5 Å². The average molecular weight is 764 g/mol. The Balaban J connectivity index is 1.58. The number of anilines is 1. The maximum Gasteiger partial charge on any atom is 0.253 e. The van der Waals surface area contributed by atoms with Crippen LogP contribution in [0.15, 0.2) is 65.5 Å². The molecule has 0 bridgehead atoms. The number of rotatable bonds is 9. The molecule has 1 saturated heterocycles. The van der Waals surface area contributed by atoms with Crippen molar-refractivity contribution in [2.45, 2.75) is 96.4 Å². The smallest absolute Gasteiger partial charge is 0.253 e. The monoisotopic (exact) mass is 763 g/mol. The molecule has 1 atom stereocenters. The number of nitrogens with zero attached hydrogens (tertiary/aromatic N) is 3. The van der Waals surface area contributed by atoms with Gasteiger partial charge < -0.3 is 23.7 Å². The first-order valence-electron chi connectivity index (χ1n) is 19.6. The van der Waals surface area contributed by atoms with Crippen molar-refractivity contribution in [1.82, 2.24) is 9.55 Å². The number of hydrogen-bond donors (Lipinski definition) is 0. The molecule has 7 rings (SSSR count). The molecule has 2 aliphatic heterocycles. The van der Waals surface area contributed by atoms with E-state index in [4.69, 9.17) is 19.2 Å². The highest BCUT2D eigenvalue weighted by Gasteiger charge is 2.42. The molecule has 7 nitrogen and oxygen atoms in total. The Kier molecular flexibility index (Phi) is 11.1. The minimum atomic E-state index is -2.30. The lowest BCUT2D eigenvalue weighted by molar-refractivity contribution is 0.0512. The zero-order valence-electron chi connectivity index (χ0n) is 33.0. The fourth-order valence-corrected chi connectivity index (χ4v) is 14.4. The van der Waals surface area contributed by atoms with Gasteiger partial charge in [-0.3, -0.25) is 4.79 Å². The van der Waals surface area contributed by atoms with Crippen molar-refractivity contribution in [2.24, 2.45) is 0 Å². The molecular weight excluding hydrogens is 713 g/mol. The SMILES string of the molecule is COCOc1cc(-c2nc3c4c(cc(=O)n(Cc5ccccc5)c4c2F)N2CCCCCC2CO3)c2c(C#C[Si](C(C)C)(C(C)C)C(C)C)c(F)ccc2c1. The van der Waals surface area contributed by atoms with Crippen LogP contribution >= 0.6 is 0 Å². The Hall–Kier alpha value is -4.72. The molecule has 3 aromatic carbocycles. The van der Waals surface area contributed by atoms with E-state index in [2.05, 4.69) is 57.9 Å². The maximum atomic E-state index is 18.0. The Morgan fingerprint density at radius 3 is 2.40 bits per heavy atom. The van der Waals surface area contributed by atoms with Gasteiger partial charge in [0.2, 0.25) is 5.88 Å². The molecule has 0 N–H and O–H groups in total. The average Bonchev–Trinajstić information content (AvgIpc) is 3.48. The molecule has 0 saturated carbocycles. The summed E-state index contributed by atoms with van der Waals surface area (Å²) < 4.78 is 53.6. The van der Waals surface area contributed by atoms with Crippen LogP contribution in [0.25, 0.3) is 32.9 Å². The molecule has 0 spiro atoms. The molecule has 4 heterocycles. The molecule has 0 amide bonds. The van der Waals surface area contributed by atoms with Crippen molar-refractivity contribution in [2.75, 3.05) is 32.0 Å². The standard InChI is InChI=1S/C45H51F2N3O4Si/c1-28(2)55(29(3)4,30(5)6)21-19-35-37(46)18-17-32-22-34(54-27-52-7)23-36(40(32)35)43-42(47)44-41-38(24-39(51)50(44)25-31-14-10-8-11-15-31)49-20-13-9-12-16-33(49)26-53-45(41)48-43/h8,10-11,14-15,17-18,22-24,28-30,33H,9,12-13,16,20,25-27H2,1-7H3. The van der Waals surface area contributed by atoms with Gasteiger partial charge >= 0.3 is 0 Å². The molecule has 10 heteroatoms. The number of halogens is 2. The number of hydrogen-bond acceptors (Lipinski definition) is 6. The molecule has 5 aromatic rings. The number of methoxy groups -OCH3 is 1. The molecule has 0 aliphatic carbocycles. The molecule has 55 heavy (non-hydrogen) atoms. The summed E-state index contributed by atoms with van der Waals surface area (Å²) in [4.78, 5) is 21.4. The molecular formula is C45H51F2N3O4Si. The van der Waals surface area contributed by atoms with E-state index in [1.54, 1.807) is 24.3 Å². The van der Waals surface area contributed by atoms with Crippen LogP contribution in [0.2, 0.25) is 16.6 Å². The highest BCUT2D eigenvalue weighted by Crippen LogP contribution is 2.45. The Morgan fingerprint density at radius 1 is 0.945 bits per heavy atom. The lowest BCUT2D eigenvalue weighted by Gasteiger charge is -2.38. The summed E-state index contributed by atoms with van der Waals surface area (Å²) in [6, 6.07) is 17.7. The summed E-state index contributed by atoms with van der Waals surface area (Å²) in [5.41, 5.74) is 6.30. The summed E-state index contributed by atoms with van der Waals surface area (Å²) >= 11 is 0. The van der Waals surface area contributed by atoms with Crippen LogP contribution in [-0.2, 0) is 11.3 Å². The zero-order valence-corrected chi connectivity index (χ0v) is 34.0. The third-order valence-corrected chi connectivity index (χ3v) is 18.1. The van der Waals surface area contributed by atoms with Crippen LogP contribution in [0.5, 0.6) is 11.6 Å². The van der Waals surface area contributed by atoms with Gasteiger partial charge in [0.25, 0.3) is 5.56 Å². The third kappa shape index (κ3) is 7.02. The van der Waals surface area contributed by atoms with E-state index in [0.29, 0.717) is 56.4 Å². The minimum absolute atomic E-state index is 0.00524. The number of benzene rings is 3. The Labute approximate surface area is 323 Å². The van der Waals surface area contributed by atoms with Gasteiger partial charge in [0.05, 0.1) is 34.7 Å². The number of ether oxygens (including phenoxy) is 3. The quantitative estimate of drug-likeness (QED) is 0.0846. The van der Waals surface area contributed by atoms with Crippen molar-refractivity contribution >= 4 is 35.4 Å². The van der Waals surface area contributed by atoms with Crippen LogP contribution < -0.4 is 19.9 Å². The van der Waals surface area contributed by atoms with Crippen molar-refractivity contribution in [3.63, 3.8) is 0 Å². The summed E-state index contributed by atoms with van der Waals surface area (Å²) in [6.45, 7) is 14.4. The predicted octanol–water partition coefficient (Wildman–Crippen LogP) is 10.2. The van der Waals surface area contributed by atoms with Crippen LogP contribution in [-0.4, -0.2) is 50.7 Å². The normalized spacial score (nSPS) is 15.9. The highest BCUT2D eigenvalue weighted by atomic mass is 28.3. The van der Waals surface area contributed by atoms with Gasteiger partial charge in [-0.15, -0.1) is 5.54 Å². The van der Waals surface area contributed by atoms with Crippen molar-refractivity contribution in [1.29, 1.82) is 0 Å². The summed E-state index contributed by atoms with van der Waals surface area (Å²) in [6.07, 6.45) is 3.95. The number of fused-ring (bicyclic) bond motifs is 3. The van der Waals surface area contributed by atoms with Crippen molar-refractivity contribution < 1.29 is 23.0 Å². The second-order valence-electron chi connectivity index (χ2n) is 15.9. The zero-order chi connectivity index (χ0) is 39.0. The van der Waals surface area contributed by atoms with Gasteiger partial charge in [-0.1, -0.05) is 96.7 Å². The summed E-state index contributed by atoms with van der Waals surface area (Å²) in [5, 5.41) is 1.49. The van der Waals surface area contributed by atoms with E-state index in [1.807, 2.05) is 30.3 Å². The maximum absolute atomic E-state index is 18.0. The van der Waals surface area contributed by atoms with Gasteiger partial charge in [0, 0.05) is 30.7 Å². The van der Waals surface area contributed by atoms with E-state index >= 15 is 8.78 Å². The Bertz CT molecular complexity index is 2330. The number of aromatic nitrogens is 2. The first-order chi connectivity index (χ1) is 26.5. The van der Waals surface area contributed by atoms with Crippen molar-refractivity contribution in [3.05, 3.63) is 93.8 Å². The van der Waals surface area contributed by atoms with Crippen LogP contribution in [0.1, 0.15) is 78.4 Å². The van der Waals surface area contributed by atoms with Gasteiger partial charge in [-0.2, -0.15) is 0 Å². The molecule has 2 aromatic heterocycles. The minimum Gasteiger partial charge on any atom is -0.475 e. The molecule has 1 fully saturated rings. The summed E-state index contributed by atoms with van der Waals surface area (Å²) in [7, 11) is -0.781. The molecule has 2 aliphatic rings. The van der Waals surface area contributed by atoms with E-state index in [0.717, 1.165) is 37.8 Å². The second kappa shape index (κ2) is 15.8. The topological polar surface area (TPSA) is 65.8 Å². The predicted molar refractivity (Wildman–Crippen MR) is 220 cm³/mol. The third-order valence-electron chi connectivity index (χ3n) is 11.8. The van der Waals surface area contributed by atoms with Gasteiger partial charge in [0.1, 0.15) is 31.9 Å². The van der Waals surface area contributed by atoms with Crippen LogP contribution in [0.3, 0.4) is 0 Å². The van der Waals surface area contributed by atoms with Gasteiger partial charge in [-0.25, -0.2) is 13.8 Å². The number of pyridine rings is 2. The highest BCUT2D eigenvalue weighted by molar-refractivity contribution is 6.90. The first-order valence-corrected chi connectivity index (χ1v) is 21.8. The first kappa shape index (κ1) is 38.5. The van der Waals surface area contributed by atoms with E-state index in [9.17, 15) is 4.79 Å². The molecule has 0 radical (unpaired) electrons. The second-order valence-corrected chi connectivity index (χ2v) is 21.5. The van der Waals surface area contributed by atoms with E-state index < -0.39 is 19.7 Å². The molecule has 288 valence electrons. The van der Waals surface area contributed by atoms with Gasteiger partial charge in [-0.05, 0) is 58.6 Å². The van der Waals surface area contributed by atoms with Crippen molar-refractivity contribution in [3.8, 4) is 34.4 Å². The fourth-order valence-electron chi connectivity index (χ4n) is 9.20. The fraction of sp³-hybridized carbons (Fsp3) is 0.422. The van der Waals surface area contributed by atoms with E-state index in [-0.39, 0.29) is 47.6 Å². The lowest BCUT2D eigenvalue weighted by Crippen LogP contribution is -2.43. The Morgan fingerprint density at radius 2 is 1.69 bits per heavy atom. The van der Waals surface area contributed by atoms with Crippen LogP contribution in [0, 0.1) is 23.1 Å². The van der Waals surface area contributed by atoms with E-state index in [1.165, 1.54) is 17.7 Å². The largest absolute Gasteiger partial charge is 0.475 e. The molecule has 1 unspecified atom stereocenters. The lowest BCUT2D eigenvalue weighted by atomic mass is 9.95. The summed E-state index contributed by atoms with van der Waals surface area (Å²) in [5.74, 6) is 2.78. The van der Waals surface area contributed by atoms with Gasteiger partial charge in [0.15, 0.2) is 12.6 Å².